The minimum Gasteiger partial charge on any atom is -0.507 e. The Balaban J connectivity index is 1.57. The van der Waals surface area contributed by atoms with Crippen LogP contribution in [0.1, 0.15) is 35.9 Å². The van der Waals surface area contributed by atoms with E-state index in [9.17, 15) is 15.0 Å². The molecule has 1 amide bonds. The van der Waals surface area contributed by atoms with Crippen molar-refractivity contribution in [2.75, 3.05) is 19.7 Å². The molecule has 2 N–H and O–H groups in total. The van der Waals surface area contributed by atoms with E-state index in [0.717, 1.165) is 35.6 Å². The number of likely N-dealkylation sites (tertiary alicyclic amines) is 1. The highest BCUT2D eigenvalue weighted by atomic mass is 28.3. The van der Waals surface area contributed by atoms with Gasteiger partial charge >= 0.3 is 6.09 Å². The lowest BCUT2D eigenvalue weighted by Gasteiger charge is -2.38. The number of hydrogen-bond donors (Lipinski definition) is 2. The summed E-state index contributed by atoms with van der Waals surface area (Å²) in [4.78, 5) is 12.9. The number of hydrogen-bond acceptors (Lipinski definition) is 5. The van der Waals surface area contributed by atoms with E-state index in [4.69, 9.17) is 4.74 Å². The van der Waals surface area contributed by atoms with E-state index in [1.807, 2.05) is 18.2 Å². The normalized spacial score (nSPS) is 16.7. The Morgan fingerprint density at radius 3 is 2.53 bits per heavy atom. The number of para-hydroxylation sites is 1. The van der Waals surface area contributed by atoms with Crippen molar-refractivity contribution < 1.29 is 19.7 Å². The molecule has 3 aromatic rings. The second kappa shape index (κ2) is 8.70. The van der Waals surface area contributed by atoms with Crippen LogP contribution in [0, 0.1) is 0 Å². The smallest absolute Gasteiger partial charge is 0.407 e. The summed E-state index contributed by atoms with van der Waals surface area (Å²) in [5.74, 6) is 0.741. The van der Waals surface area contributed by atoms with E-state index in [0.29, 0.717) is 43.6 Å². The third-order valence-electron chi connectivity index (χ3n) is 6.81. The van der Waals surface area contributed by atoms with E-state index in [-0.39, 0.29) is 11.7 Å². The number of phenolic OH excluding ortho intramolecular Hbond substituents is 1. The van der Waals surface area contributed by atoms with Crippen molar-refractivity contribution in [3.8, 4) is 17.0 Å². The number of phenols is 1. The summed E-state index contributed by atoms with van der Waals surface area (Å²) in [5.41, 5.74) is 4.46. The number of carboxylic acid groups (broad SMARTS) is 1. The molecular formula is C25H32N4O4Si. The van der Waals surface area contributed by atoms with Gasteiger partial charge in [0.15, 0.2) is 5.65 Å². The van der Waals surface area contributed by atoms with Crippen molar-refractivity contribution in [3.05, 3.63) is 41.6 Å². The quantitative estimate of drug-likeness (QED) is 0.345. The average molecular weight is 481 g/mol. The number of nitrogens with zero attached hydrogens (tertiary/aromatic N) is 4. The molecule has 8 nitrogen and oxygen atoms in total. The average Bonchev–Trinajstić information content (AvgIpc) is 3.52. The molecule has 3 heterocycles. The van der Waals surface area contributed by atoms with Crippen molar-refractivity contribution >= 4 is 25.2 Å². The monoisotopic (exact) mass is 480 g/mol. The fraction of sp³-hybridized carbons (Fsp3) is 0.480. The zero-order chi connectivity index (χ0) is 24.0. The summed E-state index contributed by atoms with van der Waals surface area (Å²) >= 11 is 0. The molecule has 1 saturated carbocycles. The van der Waals surface area contributed by atoms with Gasteiger partial charge in [-0.2, -0.15) is 0 Å². The molecule has 0 bridgehead atoms. The van der Waals surface area contributed by atoms with Crippen LogP contribution in [0.4, 0.5) is 4.79 Å². The van der Waals surface area contributed by atoms with Crippen LogP contribution in [-0.2, 0) is 11.5 Å². The molecule has 1 saturated heterocycles. The van der Waals surface area contributed by atoms with Crippen molar-refractivity contribution in [1.82, 2.24) is 19.7 Å². The van der Waals surface area contributed by atoms with Crippen molar-refractivity contribution in [2.45, 2.75) is 57.1 Å². The molecule has 1 aliphatic carbocycles. The predicted molar refractivity (Wildman–Crippen MR) is 133 cm³/mol. The molecule has 1 aliphatic heterocycles. The van der Waals surface area contributed by atoms with Crippen molar-refractivity contribution in [2.24, 2.45) is 0 Å². The Labute approximate surface area is 200 Å². The second-order valence-electron chi connectivity index (χ2n) is 10.7. The summed E-state index contributed by atoms with van der Waals surface area (Å²) in [7, 11) is -1.21. The Hall–Kier alpha value is -2.91. The van der Waals surface area contributed by atoms with Crippen LogP contribution in [0.15, 0.2) is 30.3 Å². The van der Waals surface area contributed by atoms with Crippen molar-refractivity contribution in [3.63, 3.8) is 0 Å². The van der Waals surface area contributed by atoms with Crippen LogP contribution < -0.4 is 0 Å². The molecule has 2 aromatic heterocycles. The molecule has 1 aromatic carbocycles. The van der Waals surface area contributed by atoms with Gasteiger partial charge in [0, 0.05) is 50.3 Å². The first kappa shape index (κ1) is 22.9. The lowest BCUT2D eigenvalue weighted by atomic mass is 9.91. The molecule has 2 fully saturated rings. The molecule has 2 aliphatic rings. The minimum absolute atomic E-state index is 0.120. The van der Waals surface area contributed by atoms with Crippen LogP contribution in [0.5, 0.6) is 5.75 Å². The number of ether oxygens (including phenoxy) is 1. The number of aromatic hydroxyl groups is 1. The summed E-state index contributed by atoms with van der Waals surface area (Å²) in [5, 5.41) is 29.9. The van der Waals surface area contributed by atoms with Gasteiger partial charge in [-0.25, -0.2) is 4.79 Å². The van der Waals surface area contributed by atoms with Crippen LogP contribution in [0.25, 0.3) is 22.3 Å². The number of carbonyl (C=O) groups is 1. The molecule has 0 spiro atoms. The van der Waals surface area contributed by atoms with Gasteiger partial charge in [-0.3, -0.25) is 0 Å². The van der Waals surface area contributed by atoms with E-state index >= 15 is 0 Å². The number of fused-ring (bicyclic) bond motifs is 1. The van der Waals surface area contributed by atoms with Crippen LogP contribution >= 0.6 is 0 Å². The van der Waals surface area contributed by atoms with E-state index in [1.54, 1.807) is 12.1 Å². The molecule has 180 valence electrons. The maximum Gasteiger partial charge on any atom is 0.407 e. The first-order chi connectivity index (χ1) is 16.2. The maximum atomic E-state index is 11.4. The predicted octanol–water partition coefficient (Wildman–Crippen LogP) is 5.07. The highest BCUT2D eigenvalue weighted by molar-refractivity contribution is 6.76. The second-order valence-corrected chi connectivity index (χ2v) is 16.3. The molecule has 0 unspecified atom stereocenters. The van der Waals surface area contributed by atoms with Gasteiger partial charge in [0.05, 0.1) is 5.69 Å². The fourth-order valence-corrected chi connectivity index (χ4v) is 5.47. The highest BCUT2D eigenvalue weighted by Gasteiger charge is 2.40. The van der Waals surface area contributed by atoms with Crippen molar-refractivity contribution in [1.29, 1.82) is 0 Å². The van der Waals surface area contributed by atoms with Crippen LogP contribution in [0.2, 0.25) is 25.7 Å². The van der Waals surface area contributed by atoms with Gasteiger partial charge in [-0.1, -0.05) is 31.8 Å². The van der Waals surface area contributed by atoms with Gasteiger partial charge in [0.2, 0.25) is 0 Å². The van der Waals surface area contributed by atoms with Gasteiger partial charge < -0.3 is 24.4 Å². The highest BCUT2D eigenvalue weighted by Crippen LogP contribution is 2.49. The number of benzene rings is 1. The van der Waals surface area contributed by atoms with Gasteiger partial charge in [0.25, 0.3) is 0 Å². The molecule has 0 atom stereocenters. The maximum absolute atomic E-state index is 11.4. The number of aromatic nitrogens is 3. The summed E-state index contributed by atoms with van der Waals surface area (Å²) in [6.07, 6.45) is 1.36. The zero-order valence-corrected chi connectivity index (χ0v) is 21.0. The lowest BCUT2D eigenvalue weighted by molar-refractivity contribution is 0.0783. The molecule has 9 heteroatoms. The van der Waals surface area contributed by atoms with Gasteiger partial charge in [-0.05, 0) is 48.6 Å². The van der Waals surface area contributed by atoms with E-state index in [1.165, 1.54) is 10.5 Å². The first-order valence-corrected chi connectivity index (χ1v) is 15.7. The molecular weight excluding hydrogens is 448 g/mol. The van der Waals surface area contributed by atoms with E-state index < -0.39 is 14.2 Å². The lowest BCUT2D eigenvalue weighted by Crippen LogP contribution is -2.48. The third kappa shape index (κ3) is 4.42. The zero-order valence-electron chi connectivity index (χ0n) is 20.0. The number of amides is 1. The fourth-order valence-electron chi connectivity index (χ4n) is 4.72. The Morgan fingerprint density at radius 2 is 1.88 bits per heavy atom. The summed E-state index contributed by atoms with van der Waals surface area (Å²) < 4.78 is 8.27. The molecule has 5 rings (SSSR count). The molecule has 34 heavy (non-hydrogen) atoms. The Kier molecular flexibility index (Phi) is 5.85. The van der Waals surface area contributed by atoms with E-state index in [2.05, 4.69) is 34.4 Å². The van der Waals surface area contributed by atoms with Gasteiger partial charge in [0.1, 0.15) is 12.5 Å². The SMILES string of the molecule is C[Si](C)(C)CCOCn1c(C2CN(C(=O)O)C2)c(C2CC2)c2cc(-c3ccccc3O)nnc21. The molecule has 0 radical (unpaired) electrons. The Bertz CT molecular complexity index is 1230. The first-order valence-electron chi connectivity index (χ1n) is 12.0. The van der Waals surface area contributed by atoms with Gasteiger partial charge in [-0.15, -0.1) is 10.2 Å². The largest absolute Gasteiger partial charge is 0.507 e. The minimum atomic E-state index is -1.21. The standard InChI is InChI=1S/C25H32N4O4Si/c1-34(2,3)11-10-33-15-29-23(17-13-28(14-17)25(31)32)22(16-8-9-16)19-12-20(26-27-24(19)29)18-6-4-5-7-21(18)30/h4-7,12,16-17,30H,8-11,13-15H2,1-3H3,(H,31,32). The summed E-state index contributed by atoms with van der Waals surface area (Å²) in [6, 6.07) is 10.3. The summed E-state index contributed by atoms with van der Waals surface area (Å²) in [6.45, 7) is 9.05. The third-order valence-corrected chi connectivity index (χ3v) is 8.51. The Morgan fingerprint density at radius 1 is 1.15 bits per heavy atom. The number of rotatable bonds is 8. The van der Waals surface area contributed by atoms with Crippen LogP contribution in [-0.4, -0.2) is 63.7 Å². The van der Waals surface area contributed by atoms with Crippen LogP contribution in [0.3, 0.4) is 0 Å². The topological polar surface area (TPSA) is 101 Å².